The molecule has 1 aromatic carbocycles. The van der Waals surface area contributed by atoms with E-state index in [0.717, 1.165) is 18.7 Å². The van der Waals surface area contributed by atoms with Gasteiger partial charge in [-0.15, -0.1) is 0 Å². The molecule has 92 valence electrons. The first-order chi connectivity index (χ1) is 8.20. The van der Waals surface area contributed by atoms with Crippen LogP contribution in [0.3, 0.4) is 0 Å². The van der Waals surface area contributed by atoms with Crippen molar-refractivity contribution in [2.75, 3.05) is 6.54 Å². The Labute approximate surface area is 103 Å². The molecule has 0 spiro atoms. The zero-order valence-electron chi connectivity index (χ0n) is 10.7. The molecule has 1 aliphatic carbocycles. The highest BCUT2D eigenvalue weighted by molar-refractivity contribution is 5.40. The van der Waals surface area contributed by atoms with Crippen molar-refractivity contribution in [2.45, 2.75) is 50.7 Å². The van der Waals surface area contributed by atoms with Crippen LogP contribution in [0.1, 0.15) is 44.6 Å². The van der Waals surface area contributed by atoms with Gasteiger partial charge in [-0.2, -0.15) is 0 Å². The smallest absolute Gasteiger partial charge is 0.123 e. The minimum absolute atomic E-state index is 0.0319. The maximum Gasteiger partial charge on any atom is 0.123 e. The molecule has 1 saturated carbocycles. The lowest BCUT2D eigenvalue weighted by Crippen LogP contribution is -2.50. The van der Waals surface area contributed by atoms with Crippen molar-refractivity contribution in [3.05, 3.63) is 29.8 Å². The third kappa shape index (κ3) is 1.95. The maximum absolute atomic E-state index is 6.23. The average Bonchev–Trinajstić information content (AvgIpc) is 2.28. The lowest BCUT2D eigenvalue weighted by atomic mass is 9.71. The van der Waals surface area contributed by atoms with Crippen LogP contribution in [-0.2, 0) is 0 Å². The fourth-order valence-corrected chi connectivity index (χ4v) is 3.58. The summed E-state index contributed by atoms with van der Waals surface area (Å²) < 4.78 is 6.23. The van der Waals surface area contributed by atoms with E-state index >= 15 is 0 Å². The molecule has 0 aromatic heterocycles. The second kappa shape index (κ2) is 4.02. The molecule has 1 N–H and O–H groups in total. The molecule has 0 saturated heterocycles. The predicted octanol–water partition coefficient (Wildman–Crippen LogP) is 3.08. The number of hydrogen-bond acceptors (Lipinski definition) is 2. The van der Waals surface area contributed by atoms with E-state index in [1.54, 1.807) is 0 Å². The van der Waals surface area contributed by atoms with E-state index < -0.39 is 0 Å². The Morgan fingerprint density at radius 1 is 1.35 bits per heavy atom. The number of benzene rings is 1. The molecule has 3 unspecified atom stereocenters. The Morgan fingerprint density at radius 2 is 2.18 bits per heavy atom. The normalized spacial score (nSPS) is 34.9. The lowest BCUT2D eigenvalue weighted by molar-refractivity contribution is 0.00800. The third-order valence-electron chi connectivity index (χ3n) is 4.13. The van der Waals surface area contributed by atoms with E-state index in [1.165, 1.54) is 18.4 Å². The first-order valence-electron chi connectivity index (χ1n) is 6.71. The van der Waals surface area contributed by atoms with Crippen molar-refractivity contribution < 1.29 is 4.74 Å². The van der Waals surface area contributed by atoms with Gasteiger partial charge < -0.3 is 10.1 Å². The Hall–Kier alpha value is -1.02. The van der Waals surface area contributed by atoms with Crippen molar-refractivity contribution in [2.24, 2.45) is 0 Å². The van der Waals surface area contributed by atoms with Crippen molar-refractivity contribution in [1.82, 2.24) is 5.32 Å². The van der Waals surface area contributed by atoms with Crippen LogP contribution in [0.15, 0.2) is 24.3 Å². The van der Waals surface area contributed by atoms with Gasteiger partial charge >= 0.3 is 0 Å². The minimum atomic E-state index is 0.0319. The molecule has 17 heavy (non-hydrogen) atoms. The Bertz CT molecular complexity index is 417. The van der Waals surface area contributed by atoms with Gasteiger partial charge in [0.15, 0.2) is 0 Å². The summed E-state index contributed by atoms with van der Waals surface area (Å²) in [6.07, 6.45) is 3.56. The van der Waals surface area contributed by atoms with Crippen LogP contribution >= 0.6 is 0 Å². The van der Waals surface area contributed by atoms with Gasteiger partial charge in [0.25, 0.3) is 0 Å². The van der Waals surface area contributed by atoms with Gasteiger partial charge in [-0.3, -0.25) is 0 Å². The van der Waals surface area contributed by atoms with Crippen LogP contribution < -0.4 is 10.1 Å². The van der Waals surface area contributed by atoms with Crippen molar-refractivity contribution >= 4 is 0 Å². The van der Waals surface area contributed by atoms with Crippen molar-refractivity contribution in [3.8, 4) is 5.75 Å². The van der Waals surface area contributed by atoms with E-state index in [-0.39, 0.29) is 5.60 Å². The summed E-state index contributed by atoms with van der Waals surface area (Å²) in [6, 6.07) is 9.16. The highest BCUT2D eigenvalue weighted by atomic mass is 16.5. The molecule has 2 aliphatic rings. The summed E-state index contributed by atoms with van der Waals surface area (Å²) in [7, 11) is 0. The van der Waals surface area contributed by atoms with E-state index in [4.69, 9.17) is 4.74 Å². The zero-order chi connectivity index (χ0) is 11.9. The van der Waals surface area contributed by atoms with Gasteiger partial charge in [0.1, 0.15) is 11.4 Å². The Kier molecular flexibility index (Phi) is 2.62. The first kappa shape index (κ1) is 11.1. The highest BCUT2D eigenvalue weighted by Crippen LogP contribution is 2.48. The molecule has 3 rings (SSSR count). The maximum atomic E-state index is 6.23. The SMILES string of the molecule is CCNC1CC2CC(C)(C1)Oc1ccccc12. The van der Waals surface area contributed by atoms with Crippen LogP contribution in [0.25, 0.3) is 0 Å². The van der Waals surface area contributed by atoms with Crippen LogP contribution in [-0.4, -0.2) is 18.2 Å². The minimum Gasteiger partial charge on any atom is -0.487 e. The quantitative estimate of drug-likeness (QED) is 0.844. The van der Waals surface area contributed by atoms with Gasteiger partial charge in [-0.25, -0.2) is 0 Å². The standard InChI is InChI=1S/C15H21NO/c1-3-16-12-8-11-9-15(2,10-12)17-14-7-5-4-6-13(11)14/h4-7,11-12,16H,3,8-10H2,1-2H3. The number of nitrogens with one attached hydrogen (secondary N) is 1. The first-order valence-corrected chi connectivity index (χ1v) is 6.71. The number of hydrogen-bond donors (Lipinski definition) is 1. The van der Waals surface area contributed by atoms with Gasteiger partial charge in [-0.1, -0.05) is 25.1 Å². The van der Waals surface area contributed by atoms with Crippen LogP contribution in [0, 0.1) is 0 Å². The van der Waals surface area contributed by atoms with Crippen molar-refractivity contribution in [3.63, 3.8) is 0 Å². The average molecular weight is 231 g/mol. The summed E-state index contributed by atoms with van der Waals surface area (Å²) >= 11 is 0. The second-order valence-corrected chi connectivity index (χ2v) is 5.69. The van der Waals surface area contributed by atoms with Crippen molar-refractivity contribution in [1.29, 1.82) is 0 Å². The summed E-state index contributed by atoms with van der Waals surface area (Å²) in [6.45, 7) is 5.50. The fourth-order valence-electron chi connectivity index (χ4n) is 3.58. The number of para-hydroxylation sites is 1. The van der Waals surface area contributed by atoms with E-state index in [2.05, 4.69) is 43.4 Å². The summed E-state index contributed by atoms with van der Waals surface area (Å²) in [5.41, 5.74) is 1.44. The van der Waals surface area contributed by atoms with Gasteiger partial charge in [-0.05, 0) is 43.9 Å². The molecule has 1 aromatic rings. The molecular weight excluding hydrogens is 210 g/mol. The number of fused-ring (bicyclic) bond motifs is 4. The fraction of sp³-hybridized carbons (Fsp3) is 0.600. The Balaban J connectivity index is 1.92. The van der Waals surface area contributed by atoms with Crippen LogP contribution in [0.2, 0.25) is 0 Å². The molecule has 3 atom stereocenters. The Morgan fingerprint density at radius 3 is 3.00 bits per heavy atom. The monoisotopic (exact) mass is 231 g/mol. The largest absolute Gasteiger partial charge is 0.487 e. The molecular formula is C15H21NO. The van der Waals surface area contributed by atoms with Gasteiger partial charge in [0.2, 0.25) is 0 Å². The third-order valence-corrected chi connectivity index (χ3v) is 4.13. The molecule has 1 fully saturated rings. The molecule has 0 radical (unpaired) electrons. The molecule has 1 aliphatic heterocycles. The predicted molar refractivity (Wildman–Crippen MR) is 69.5 cm³/mol. The number of ether oxygens (including phenoxy) is 1. The molecule has 2 heteroatoms. The zero-order valence-corrected chi connectivity index (χ0v) is 10.7. The second-order valence-electron chi connectivity index (χ2n) is 5.69. The van der Waals surface area contributed by atoms with Gasteiger partial charge in [0, 0.05) is 12.5 Å². The van der Waals surface area contributed by atoms with E-state index in [1.807, 2.05) is 0 Å². The molecule has 0 amide bonds. The van der Waals surface area contributed by atoms with E-state index in [9.17, 15) is 0 Å². The van der Waals surface area contributed by atoms with Gasteiger partial charge in [0.05, 0.1) is 0 Å². The number of rotatable bonds is 2. The highest BCUT2D eigenvalue weighted by Gasteiger charge is 2.43. The summed E-state index contributed by atoms with van der Waals surface area (Å²) in [5, 5.41) is 3.59. The topological polar surface area (TPSA) is 21.3 Å². The van der Waals surface area contributed by atoms with E-state index in [0.29, 0.717) is 12.0 Å². The lowest BCUT2D eigenvalue weighted by Gasteiger charge is -2.47. The van der Waals surface area contributed by atoms with Crippen LogP contribution in [0.5, 0.6) is 5.75 Å². The molecule has 2 bridgehead atoms. The van der Waals surface area contributed by atoms with Crippen LogP contribution in [0.4, 0.5) is 0 Å². The summed E-state index contributed by atoms with van der Waals surface area (Å²) in [5.74, 6) is 1.78. The molecule has 1 heterocycles. The molecule has 2 nitrogen and oxygen atoms in total. The summed E-state index contributed by atoms with van der Waals surface area (Å²) in [4.78, 5) is 0.